The van der Waals surface area contributed by atoms with Crippen LogP contribution in [0.5, 0.6) is 0 Å². The van der Waals surface area contributed by atoms with E-state index in [-0.39, 0.29) is 24.4 Å². The highest BCUT2D eigenvalue weighted by molar-refractivity contribution is 5.22. The molecule has 1 fully saturated rings. The van der Waals surface area contributed by atoms with Crippen molar-refractivity contribution in [3.8, 4) is 0 Å². The van der Waals surface area contributed by atoms with E-state index in [1.165, 1.54) is 12.1 Å². The summed E-state index contributed by atoms with van der Waals surface area (Å²) in [5.74, 6) is -1.77. The molecule has 0 saturated heterocycles. The molecule has 0 aromatic heterocycles. The smallest absolute Gasteiger partial charge is 0.163 e. The van der Waals surface area contributed by atoms with Gasteiger partial charge in [-0.15, -0.1) is 0 Å². The number of rotatable bonds is 5. The number of ether oxygens (including phenoxy) is 2. The zero-order valence-corrected chi connectivity index (χ0v) is 11.6. The first-order valence-corrected chi connectivity index (χ1v) is 6.95. The summed E-state index contributed by atoms with van der Waals surface area (Å²) in [6.07, 6.45) is 4.17. The van der Waals surface area contributed by atoms with Crippen molar-refractivity contribution < 1.29 is 18.3 Å². The number of benzene rings is 1. The van der Waals surface area contributed by atoms with Gasteiger partial charge < -0.3 is 15.2 Å². The summed E-state index contributed by atoms with van der Waals surface area (Å²) in [5.41, 5.74) is 6.04. The molecule has 1 aliphatic carbocycles. The lowest BCUT2D eigenvalue weighted by Gasteiger charge is -2.29. The number of halogens is 2. The lowest BCUT2D eigenvalue weighted by atomic mass is 9.95. The van der Waals surface area contributed by atoms with E-state index in [0.29, 0.717) is 0 Å². The highest BCUT2D eigenvalue weighted by Crippen LogP contribution is 2.25. The lowest BCUT2D eigenvalue weighted by molar-refractivity contribution is -0.0334. The molecular weight excluding hydrogens is 264 g/mol. The maximum atomic E-state index is 13.6. The van der Waals surface area contributed by atoms with Crippen molar-refractivity contribution in [1.82, 2.24) is 0 Å². The third-order valence-corrected chi connectivity index (χ3v) is 3.80. The van der Waals surface area contributed by atoms with Crippen LogP contribution >= 0.6 is 0 Å². The van der Waals surface area contributed by atoms with Gasteiger partial charge in [-0.05, 0) is 31.7 Å². The Balaban J connectivity index is 1.88. The van der Waals surface area contributed by atoms with Crippen LogP contribution in [0.1, 0.15) is 37.3 Å². The molecule has 3 nitrogen and oxygen atoms in total. The van der Waals surface area contributed by atoms with Crippen molar-refractivity contribution in [3.63, 3.8) is 0 Å². The van der Waals surface area contributed by atoms with E-state index in [9.17, 15) is 8.78 Å². The monoisotopic (exact) mass is 285 g/mol. The fourth-order valence-corrected chi connectivity index (χ4v) is 2.60. The van der Waals surface area contributed by atoms with Gasteiger partial charge in [0.2, 0.25) is 0 Å². The summed E-state index contributed by atoms with van der Waals surface area (Å²) in [4.78, 5) is 0. The Kier molecular flexibility index (Phi) is 5.46. The molecule has 0 aliphatic heterocycles. The Morgan fingerprint density at radius 1 is 1.30 bits per heavy atom. The maximum Gasteiger partial charge on any atom is 0.163 e. The average Bonchev–Trinajstić information content (AvgIpc) is 2.48. The quantitative estimate of drug-likeness (QED) is 0.904. The molecule has 3 unspecified atom stereocenters. The lowest BCUT2D eigenvalue weighted by Crippen LogP contribution is -2.30. The molecule has 1 aliphatic rings. The molecule has 3 atom stereocenters. The minimum Gasteiger partial charge on any atom is -0.381 e. The highest BCUT2D eigenvalue weighted by atomic mass is 19.2. The fourth-order valence-electron chi connectivity index (χ4n) is 2.60. The Bertz CT molecular complexity index is 442. The van der Waals surface area contributed by atoms with Crippen LogP contribution in [-0.4, -0.2) is 25.9 Å². The van der Waals surface area contributed by atoms with Gasteiger partial charge in [0.1, 0.15) is 0 Å². The Hall–Kier alpha value is -1.04. The molecular formula is C15H21F2NO2. The number of nitrogens with two attached hydrogens (primary N) is 1. The van der Waals surface area contributed by atoms with Crippen LogP contribution in [0, 0.1) is 11.6 Å². The zero-order chi connectivity index (χ0) is 14.5. The van der Waals surface area contributed by atoms with Crippen molar-refractivity contribution in [2.24, 2.45) is 5.73 Å². The summed E-state index contributed by atoms with van der Waals surface area (Å²) in [6.45, 7) is 0.182. The van der Waals surface area contributed by atoms with E-state index in [1.54, 1.807) is 7.11 Å². The molecule has 1 aromatic carbocycles. The molecule has 0 spiro atoms. The standard InChI is InChI=1S/C15H21F2NO2/c1-19-10-4-2-5-11(8-10)20-9-14(18)12-6-3-7-13(16)15(12)17/h3,6-7,10-11,14H,2,4-5,8-9,18H2,1H3. The fraction of sp³-hybridized carbons (Fsp3) is 0.600. The minimum absolute atomic E-state index is 0.0800. The second-order valence-corrected chi connectivity index (χ2v) is 5.23. The van der Waals surface area contributed by atoms with Gasteiger partial charge in [0.25, 0.3) is 0 Å². The van der Waals surface area contributed by atoms with Crippen molar-refractivity contribution in [2.75, 3.05) is 13.7 Å². The second-order valence-electron chi connectivity index (χ2n) is 5.23. The topological polar surface area (TPSA) is 44.5 Å². The summed E-state index contributed by atoms with van der Waals surface area (Å²) >= 11 is 0. The van der Waals surface area contributed by atoms with Crippen molar-refractivity contribution >= 4 is 0 Å². The van der Waals surface area contributed by atoms with Gasteiger partial charge in [-0.3, -0.25) is 0 Å². The molecule has 1 saturated carbocycles. The highest BCUT2D eigenvalue weighted by Gasteiger charge is 2.23. The van der Waals surface area contributed by atoms with E-state index in [2.05, 4.69) is 0 Å². The van der Waals surface area contributed by atoms with Gasteiger partial charge in [0, 0.05) is 12.7 Å². The molecule has 5 heteroatoms. The van der Waals surface area contributed by atoms with Gasteiger partial charge in [0.15, 0.2) is 11.6 Å². The average molecular weight is 285 g/mol. The van der Waals surface area contributed by atoms with Gasteiger partial charge in [-0.1, -0.05) is 12.1 Å². The molecule has 0 heterocycles. The number of methoxy groups -OCH3 is 1. The van der Waals surface area contributed by atoms with Crippen molar-refractivity contribution in [3.05, 3.63) is 35.4 Å². The first-order chi connectivity index (χ1) is 9.61. The van der Waals surface area contributed by atoms with Crippen LogP contribution in [0.3, 0.4) is 0 Å². The summed E-state index contributed by atoms with van der Waals surface area (Å²) in [5, 5.41) is 0. The number of hydrogen-bond donors (Lipinski definition) is 1. The van der Waals surface area contributed by atoms with E-state index in [0.717, 1.165) is 31.7 Å². The predicted octanol–water partition coefficient (Wildman–Crippen LogP) is 2.94. The molecule has 0 amide bonds. The molecule has 2 rings (SSSR count). The second kappa shape index (κ2) is 7.11. The van der Waals surface area contributed by atoms with Crippen LogP contribution in [0.15, 0.2) is 18.2 Å². The van der Waals surface area contributed by atoms with Crippen LogP contribution in [0.4, 0.5) is 8.78 Å². The normalized spacial score (nSPS) is 24.6. The first-order valence-electron chi connectivity index (χ1n) is 6.95. The maximum absolute atomic E-state index is 13.6. The van der Waals surface area contributed by atoms with Crippen LogP contribution in [0.25, 0.3) is 0 Å². The molecule has 2 N–H and O–H groups in total. The molecule has 0 radical (unpaired) electrons. The van der Waals surface area contributed by atoms with Gasteiger partial charge >= 0.3 is 0 Å². The van der Waals surface area contributed by atoms with Gasteiger partial charge in [-0.25, -0.2) is 8.78 Å². The Morgan fingerprint density at radius 2 is 2.05 bits per heavy atom. The van der Waals surface area contributed by atoms with E-state index in [4.69, 9.17) is 15.2 Å². The summed E-state index contributed by atoms with van der Waals surface area (Å²) in [7, 11) is 1.70. The third kappa shape index (κ3) is 3.75. The van der Waals surface area contributed by atoms with E-state index >= 15 is 0 Å². The molecule has 1 aromatic rings. The Labute approximate surface area is 118 Å². The predicted molar refractivity (Wildman–Crippen MR) is 72.3 cm³/mol. The molecule has 112 valence electrons. The van der Waals surface area contributed by atoms with Crippen molar-refractivity contribution in [2.45, 2.75) is 43.9 Å². The first kappa shape index (κ1) is 15.4. The minimum atomic E-state index is -0.887. The molecule has 0 bridgehead atoms. The van der Waals surface area contributed by atoms with Gasteiger partial charge in [0.05, 0.1) is 24.9 Å². The van der Waals surface area contributed by atoms with Crippen LogP contribution in [-0.2, 0) is 9.47 Å². The zero-order valence-electron chi connectivity index (χ0n) is 11.6. The molecule has 20 heavy (non-hydrogen) atoms. The Morgan fingerprint density at radius 3 is 2.80 bits per heavy atom. The van der Waals surface area contributed by atoms with E-state index < -0.39 is 17.7 Å². The van der Waals surface area contributed by atoms with Crippen molar-refractivity contribution in [1.29, 1.82) is 0 Å². The number of hydrogen-bond acceptors (Lipinski definition) is 3. The SMILES string of the molecule is COC1CCCC(OCC(N)c2cccc(F)c2F)C1. The largest absolute Gasteiger partial charge is 0.381 e. The van der Waals surface area contributed by atoms with Gasteiger partial charge in [-0.2, -0.15) is 0 Å². The summed E-state index contributed by atoms with van der Waals surface area (Å²) < 4.78 is 37.8. The third-order valence-electron chi connectivity index (χ3n) is 3.80. The summed E-state index contributed by atoms with van der Waals surface area (Å²) in [6, 6.07) is 3.37. The van der Waals surface area contributed by atoms with Crippen LogP contribution in [0.2, 0.25) is 0 Å². The van der Waals surface area contributed by atoms with Crippen LogP contribution < -0.4 is 5.73 Å². The van der Waals surface area contributed by atoms with E-state index in [1.807, 2.05) is 0 Å².